The largest absolute Gasteiger partial charge is 0.380 e. The molecule has 1 fully saturated rings. The number of rotatable bonds is 5. The third-order valence-electron chi connectivity index (χ3n) is 3.36. The third-order valence-corrected chi connectivity index (χ3v) is 3.59. The van der Waals surface area contributed by atoms with Crippen molar-refractivity contribution in [3.05, 3.63) is 29.3 Å². The number of amides is 1. The van der Waals surface area contributed by atoms with Gasteiger partial charge < -0.3 is 16.0 Å². The van der Waals surface area contributed by atoms with Crippen LogP contribution in [0, 0.1) is 0 Å². The van der Waals surface area contributed by atoms with E-state index in [0.29, 0.717) is 18.0 Å². The first-order chi connectivity index (χ1) is 9.19. The second kappa shape index (κ2) is 6.78. The highest BCUT2D eigenvalue weighted by Crippen LogP contribution is 2.17. The normalized spacial score (nSPS) is 16.4. The van der Waals surface area contributed by atoms with Gasteiger partial charge in [-0.25, -0.2) is 0 Å². The van der Waals surface area contributed by atoms with Gasteiger partial charge in [-0.1, -0.05) is 17.7 Å². The van der Waals surface area contributed by atoms with Gasteiger partial charge in [0.1, 0.15) is 0 Å². The van der Waals surface area contributed by atoms with Gasteiger partial charge in [0.05, 0.1) is 0 Å². The van der Waals surface area contributed by atoms with E-state index in [0.717, 1.165) is 31.6 Å². The summed E-state index contributed by atoms with van der Waals surface area (Å²) in [6.45, 7) is 2.19. The molecule has 0 bridgehead atoms. The fraction of sp³-hybridized carbons (Fsp3) is 0.500. The van der Waals surface area contributed by atoms with Crippen molar-refractivity contribution in [3.63, 3.8) is 0 Å². The van der Waals surface area contributed by atoms with Gasteiger partial charge in [-0.05, 0) is 31.0 Å². The monoisotopic (exact) mass is 281 g/mol. The van der Waals surface area contributed by atoms with Crippen molar-refractivity contribution < 1.29 is 4.79 Å². The lowest BCUT2D eigenvalue weighted by Gasteiger charge is -2.21. The number of hydrogen-bond acceptors (Lipinski definition) is 3. The van der Waals surface area contributed by atoms with Crippen LogP contribution in [0.4, 0.5) is 5.69 Å². The minimum atomic E-state index is -0.0495. The van der Waals surface area contributed by atoms with Crippen LogP contribution in [0.2, 0.25) is 5.02 Å². The molecule has 0 spiro atoms. The van der Waals surface area contributed by atoms with Gasteiger partial charge >= 0.3 is 0 Å². The number of carbonyl (C=O) groups is 1. The molecule has 3 N–H and O–H groups in total. The fourth-order valence-electron chi connectivity index (χ4n) is 2.31. The molecule has 1 aromatic rings. The van der Waals surface area contributed by atoms with E-state index in [1.54, 1.807) is 0 Å². The van der Waals surface area contributed by atoms with Crippen molar-refractivity contribution in [3.8, 4) is 0 Å². The number of carbonyl (C=O) groups excluding carboxylic acids is 1. The van der Waals surface area contributed by atoms with E-state index in [9.17, 15) is 4.79 Å². The zero-order valence-electron chi connectivity index (χ0n) is 10.9. The Kier molecular flexibility index (Phi) is 5.05. The van der Waals surface area contributed by atoms with Gasteiger partial charge in [0.15, 0.2) is 0 Å². The summed E-state index contributed by atoms with van der Waals surface area (Å²) in [7, 11) is 0. The molecule has 5 heteroatoms. The Morgan fingerprint density at radius 1 is 1.42 bits per heavy atom. The Labute approximate surface area is 118 Å². The highest BCUT2D eigenvalue weighted by atomic mass is 35.5. The molecule has 1 aliphatic heterocycles. The average molecular weight is 282 g/mol. The Bertz CT molecular complexity index is 432. The first-order valence-electron chi connectivity index (χ1n) is 6.69. The minimum absolute atomic E-state index is 0.0495. The lowest BCUT2D eigenvalue weighted by molar-refractivity contribution is -0.130. The molecule has 0 radical (unpaired) electrons. The summed E-state index contributed by atoms with van der Waals surface area (Å²) < 4.78 is 0. The molecule has 19 heavy (non-hydrogen) atoms. The summed E-state index contributed by atoms with van der Waals surface area (Å²) in [4.78, 5) is 14.0. The summed E-state index contributed by atoms with van der Waals surface area (Å²) in [5, 5.41) is 3.94. The SMILES string of the molecule is NCC(CC(=O)N1CCCC1)Nc1cccc(Cl)c1. The number of likely N-dealkylation sites (tertiary alicyclic amines) is 1. The van der Waals surface area contributed by atoms with Crippen LogP contribution in [0.3, 0.4) is 0 Å². The highest BCUT2D eigenvalue weighted by Gasteiger charge is 2.21. The topological polar surface area (TPSA) is 58.4 Å². The molecule has 1 aromatic carbocycles. The number of benzene rings is 1. The summed E-state index contributed by atoms with van der Waals surface area (Å²) >= 11 is 5.93. The Balaban J connectivity index is 1.90. The molecule has 1 saturated heterocycles. The zero-order chi connectivity index (χ0) is 13.7. The molecule has 104 valence electrons. The quantitative estimate of drug-likeness (QED) is 0.869. The molecular weight excluding hydrogens is 262 g/mol. The van der Waals surface area contributed by atoms with Crippen molar-refractivity contribution in [2.45, 2.75) is 25.3 Å². The molecule has 0 saturated carbocycles. The molecule has 0 aliphatic carbocycles. The van der Waals surface area contributed by atoms with Crippen LogP contribution in [0.1, 0.15) is 19.3 Å². The molecule has 1 aliphatic rings. The zero-order valence-corrected chi connectivity index (χ0v) is 11.7. The van der Waals surface area contributed by atoms with Gasteiger partial charge in [0.25, 0.3) is 0 Å². The third kappa shape index (κ3) is 4.11. The van der Waals surface area contributed by atoms with E-state index in [1.165, 1.54) is 0 Å². The summed E-state index contributed by atoms with van der Waals surface area (Å²) in [5.74, 6) is 0.183. The second-order valence-electron chi connectivity index (χ2n) is 4.88. The Morgan fingerprint density at radius 2 is 2.16 bits per heavy atom. The predicted octanol–water partition coefficient (Wildman–Crippen LogP) is 2.09. The molecule has 1 unspecified atom stereocenters. The van der Waals surface area contributed by atoms with E-state index in [2.05, 4.69) is 5.32 Å². The van der Waals surface area contributed by atoms with Crippen LogP contribution < -0.4 is 11.1 Å². The summed E-state index contributed by atoms with van der Waals surface area (Å²) in [6, 6.07) is 7.41. The van der Waals surface area contributed by atoms with Crippen molar-refractivity contribution in [2.24, 2.45) is 5.73 Å². The van der Waals surface area contributed by atoms with E-state index in [4.69, 9.17) is 17.3 Å². The van der Waals surface area contributed by atoms with Gasteiger partial charge in [-0.2, -0.15) is 0 Å². The van der Waals surface area contributed by atoms with E-state index in [-0.39, 0.29) is 11.9 Å². The van der Waals surface area contributed by atoms with Gasteiger partial charge in [-0.15, -0.1) is 0 Å². The van der Waals surface area contributed by atoms with Gasteiger partial charge in [0, 0.05) is 42.8 Å². The predicted molar refractivity (Wildman–Crippen MR) is 78.3 cm³/mol. The van der Waals surface area contributed by atoms with Crippen molar-refractivity contribution in [1.82, 2.24) is 4.90 Å². The highest BCUT2D eigenvalue weighted by molar-refractivity contribution is 6.30. The lowest BCUT2D eigenvalue weighted by atomic mass is 10.1. The standard InChI is InChI=1S/C14H20ClN3O/c15-11-4-3-5-12(8-11)17-13(10-16)9-14(19)18-6-1-2-7-18/h3-5,8,13,17H,1-2,6-7,9-10,16H2. The number of anilines is 1. The van der Waals surface area contributed by atoms with Crippen LogP contribution in [0.5, 0.6) is 0 Å². The van der Waals surface area contributed by atoms with Crippen LogP contribution in [0.15, 0.2) is 24.3 Å². The number of nitrogens with two attached hydrogens (primary N) is 1. The van der Waals surface area contributed by atoms with Crippen molar-refractivity contribution in [2.75, 3.05) is 25.0 Å². The maximum absolute atomic E-state index is 12.1. The average Bonchev–Trinajstić information content (AvgIpc) is 2.92. The molecule has 1 heterocycles. The fourth-order valence-corrected chi connectivity index (χ4v) is 2.50. The van der Waals surface area contributed by atoms with Crippen LogP contribution >= 0.6 is 11.6 Å². The Morgan fingerprint density at radius 3 is 2.79 bits per heavy atom. The molecule has 0 aromatic heterocycles. The number of nitrogens with zero attached hydrogens (tertiary/aromatic N) is 1. The van der Waals surface area contributed by atoms with Crippen LogP contribution in [0.25, 0.3) is 0 Å². The summed E-state index contributed by atoms with van der Waals surface area (Å²) in [6.07, 6.45) is 2.66. The molecule has 1 amide bonds. The minimum Gasteiger partial charge on any atom is -0.380 e. The molecule has 4 nitrogen and oxygen atoms in total. The van der Waals surface area contributed by atoms with E-state index >= 15 is 0 Å². The second-order valence-corrected chi connectivity index (χ2v) is 5.32. The first-order valence-corrected chi connectivity index (χ1v) is 7.07. The number of hydrogen-bond donors (Lipinski definition) is 2. The first kappa shape index (κ1) is 14.2. The van der Waals surface area contributed by atoms with Gasteiger partial charge in [0.2, 0.25) is 5.91 Å². The summed E-state index contributed by atoms with van der Waals surface area (Å²) in [5.41, 5.74) is 6.64. The van der Waals surface area contributed by atoms with Crippen LogP contribution in [-0.2, 0) is 4.79 Å². The van der Waals surface area contributed by atoms with Crippen molar-refractivity contribution in [1.29, 1.82) is 0 Å². The van der Waals surface area contributed by atoms with Crippen molar-refractivity contribution >= 4 is 23.2 Å². The number of halogens is 1. The number of nitrogens with one attached hydrogen (secondary N) is 1. The smallest absolute Gasteiger partial charge is 0.224 e. The van der Waals surface area contributed by atoms with Gasteiger partial charge in [-0.3, -0.25) is 4.79 Å². The van der Waals surface area contributed by atoms with E-state index < -0.39 is 0 Å². The van der Waals surface area contributed by atoms with Crippen LogP contribution in [-0.4, -0.2) is 36.5 Å². The molecular formula is C14H20ClN3O. The Hall–Kier alpha value is -1.26. The molecule has 1 atom stereocenters. The maximum Gasteiger partial charge on any atom is 0.224 e. The van der Waals surface area contributed by atoms with E-state index in [1.807, 2.05) is 29.2 Å². The maximum atomic E-state index is 12.1. The molecule has 2 rings (SSSR count). The lowest BCUT2D eigenvalue weighted by Crippen LogP contribution is -2.37.